The van der Waals surface area contributed by atoms with Crippen molar-refractivity contribution >= 4 is 18.0 Å². The molecule has 8 heteroatoms. The Morgan fingerprint density at radius 3 is 2.42 bits per heavy atom. The van der Waals surface area contributed by atoms with Crippen LogP contribution in [-0.2, 0) is 19.1 Å². The van der Waals surface area contributed by atoms with Crippen LogP contribution in [0.3, 0.4) is 0 Å². The van der Waals surface area contributed by atoms with Crippen LogP contribution >= 0.6 is 0 Å². The molecule has 0 aromatic heterocycles. The zero-order valence-corrected chi connectivity index (χ0v) is 11.3. The summed E-state index contributed by atoms with van der Waals surface area (Å²) < 4.78 is 9.54. The average Bonchev–Trinajstić information content (AvgIpc) is 2.35. The summed E-state index contributed by atoms with van der Waals surface area (Å²) in [5.74, 6) is -2.02. The number of amides is 2. The van der Waals surface area contributed by atoms with Crippen LogP contribution in [0.25, 0.3) is 0 Å². The Labute approximate surface area is 111 Å². The summed E-state index contributed by atoms with van der Waals surface area (Å²) in [6, 6.07) is -2.00. The number of carboxylic acid groups (broad SMARTS) is 1. The van der Waals surface area contributed by atoms with Crippen molar-refractivity contribution in [3.8, 4) is 0 Å². The second-order valence-electron chi connectivity index (χ2n) is 3.79. The van der Waals surface area contributed by atoms with Gasteiger partial charge in [0.2, 0.25) is 0 Å². The van der Waals surface area contributed by atoms with E-state index in [-0.39, 0.29) is 12.6 Å². The summed E-state index contributed by atoms with van der Waals surface area (Å²) in [6.45, 7) is 4.36. The van der Waals surface area contributed by atoms with Crippen molar-refractivity contribution in [1.82, 2.24) is 10.6 Å². The molecule has 0 aliphatic carbocycles. The number of rotatable bonds is 8. The second-order valence-corrected chi connectivity index (χ2v) is 3.79. The number of hydrogen-bond donors (Lipinski definition) is 3. The van der Waals surface area contributed by atoms with Crippen molar-refractivity contribution in [3.63, 3.8) is 0 Å². The van der Waals surface area contributed by atoms with E-state index < -0.39 is 30.4 Å². The van der Waals surface area contributed by atoms with Gasteiger partial charge in [0.05, 0.1) is 19.6 Å². The minimum Gasteiger partial charge on any atom is -0.480 e. The van der Waals surface area contributed by atoms with Gasteiger partial charge in [0.15, 0.2) is 0 Å². The van der Waals surface area contributed by atoms with Gasteiger partial charge in [-0.05, 0) is 13.8 Å². The number of aliphatic carboxylic acids is 1. The zero-order chi connectivity index (χ0) is 14.8. The van der Waals surface area contributed by atoms with Gasteiger partial charge in [-0.25, -0.2) is 9.59 Å². The maximum atomic E-state index is 11.4. The van der Waals surface area contributed by atoms with Gasteiger partial charge < -0.3 is 25.2 Å². The molecule has 1 unspecified atom stereocenters. The molecule has 0 aliphatic heterocycles. The molecule has 2 atom stereocenters. The Morgan fingerprint density at radius 2 is 1.95 bits per heavy atom. The van der Waals surface area contributed by atoms with Gasteiger partial charge >= 0.3 is 18.0 Å². The summed E-state index contributed by atoms with van der Waals surface area (Å²) in [6.07, 6.45) is -0.611. The van der Waals surface area contributed by atoms with Crippen LogP contribution < -0.4 is 10.6 Å². The van der Waals surface area contributed by atoms with Crippen LogP contribution in [0.5, 0.6) is 0 Å². The normalized spacial score (nSPS) is 13.2. The maximum Gasteiger partial charge on any atom is 0.326 e. The summed E-state index contributed by atoms with van der Waals surface area (Å²) in [5.41, 5.74) is 0. The van der Waals surface area contributed by atoms with E-state index in [1.165, 1.54) is 0 Å². The van der Waals surface area contributed by atoms with Crippen LogP contribution in [0.4, 0.5) is 4.79 Å². The Hall–Kier alpha value is -1.83. The summed E-state index contributed by atoms with van der Waals surface area (Å²) in [4.78, 5) is 33.3. The molecule has 0 aromatic carbocycles. The third-order valence-corrected chi connectivity index (χ3v) is 2.20. The second kappa shape index (κ2) is 9.15. The number of carboxylic acids is 1. The highest BCUT2D eigenvalue weighted by Crippen LogP contribution is 1.95. The molecule has 3 N–H and O–H groups in total. The van der Waals surface area contributed by atoms with Crippen LogP contribution in [0.15, 0.2) is 0 Å². The monoisotopic (exact) mass is 276 g/mol. The third-order valence-electron chi connectivity index (χ3n) is 2.20. The van der Waals surface area contributed by atoms with Gasteiger partial charge in [-0.1, -0.05) is 0 Å². The number of carbonyl (C=O) groups excluding carboxylic acids is 2. The van der Waals surface area contributed by atoms with Crippen molar-refractivity contribution in [1.29, 1.82) is 0 Å². The average molecular weight is 276 g/mol. The number of nitrogens with one attached hydrogen (secondary N) is 2. The molecule has 2 amide bonds. The van der Waals surface area contributed by atoms with E-state index >= 15 is 0 Å². The van der Waals surface area contributed by atoms with Crippen LogP contribution in [0.2, 0.25) is 0 Å². The van der Waals surface area contributed by atoms with Crippen molar-refractivity contribution in [3.05, 3.63) is 0 Å². The number of urea groups is 1. The number of methoxy groups -OCH3 is 1. The van der Waals surface area contributed by atoms with Crippen molar-refractivity contribution < 1.29 is 29.0 Å². The molecule has 0 bridgehead atoms. The lowest BCUT2D eigenvalue weighted by Gasteiger charge is -2.16. The van der Waals surface area contributed by atoms with Gasteiger partial charge in [-0.2, -0.15) is 0 Å². The Morgan fingerprint density at radius 1 is 1.32 bits per heavy atom. The summed E-state index contributed by atoms with van der Waals surface area (Å²) >= 11 is 0. The van der Waals surface area contributed by atoms with E-state index in [2.05, 4.69) is 15.4 Å². The lowest BCUT2D eigenvalue weighted by Crippen LogP contribution is -2.48. The maximum absolute atomic E-state index is 11.4. The number of ether oxygens (including phenoxy) is 2. The summed E-state index contributed by atoms with van der Waals surface area (Å²) in [7, 11) is 1.14. The first-order valence-electron chi connectivity index (χ1n) is 5.86. The zero-order valence-electron chi connectivity index (χ0n) is 11.3. The molecule has 0 aromatic rings. The summed E-state index contributed by atoms with van der Waals surface area (Å²) in [5, 5.41) is 13.5. The largest absolute Gasteiger partial charge is 0.480 e. The van der Waals surface area contributed by atoms with Gasteiger partial charge in [0.25, 0.3) is 0 Å². The molecule has 0 saturated heterocycles. The molecule has 0 radical (unpaired) electrons. The minimum atomic E-state index is -1.32. The Kier molecular flexibility index (Phi) is 8.27. The smallest absolute Gasteiger partial charge is 0.326 e. The van der Waals surface area contributed by atoms with Gasteiger partial charge in [0.1, 0.15) is 6.04 Å². The topological polar surface area (TPSA) is 114 Å². The lowest BCUT2D eigenvalue weighted by molar-refractivity contribution is -0.147. The predicted molar refractivity (Wildman–Crippen MR) is 65.7 cm³/mol. The molecule has 0 spiro atoms. The highest BCUT2D eigenvalue weighted by Gasteiger charge is 2.23. The van der Waals surface area contributed by atoms with E-state index in [1.807, 2.05) is 6.92 Å². The Bertz CT molecular complexity index is 320. The quantitative estimate of drug-likeness (QED) is 0.526. The van der Waals surface area contributed by atoms with Gasteiger partial charge in [-0.15, -0.1) is 0 Å². The molecule has 0 aliphatic rings. The molecule has 8 nitrogen and oxygen atoms in total. The van der Waals surface area contributed by atoms with Gasteiger partial charge in [-0.3, -0.25) is 4.79 Å². The lowest BCUT2D eigenvalue weighted by atomic mass is 10.2. The SMILES string of the molecule is CCOC(C)CNC(=O)N[C@@H](CC(=O)OC)C(=O)O. The first-order chi connectivity index (χ1) is 8.90. The third kappa shape index (κ3) is 7.98. The Balaban J connectivity index is 4.17. The molecule has 0 rings (SSSR count). The highest BCUT2D eigenvalue weighted by molar-refractivity contribution is 5.86. The fraction of sp³-hybridized carbons (Fsp3) is 0.727. The fourth-order valence-electron chi connectivity index (χ4n) is 1.24. The van der Waals surface area contributed by atoms with E-state index in [0.29, 0.717) is 6.61 Å². The van der Waals surface area contributed by atoms with Crippen molar-refractivity contribution in [2.75, 3.05) is 20.3 Å². The van der Waals surface area contributed by atoms with E-state index in [9.17, 15) is 14.4 Å². The molecule has 0 heterocycles. The highest BCUT2D eigenvalue weighted by atomic mass is 16.5. The molecular weight excluding hydrogens is 256 g/mol. The van der Waals surface area contributed by atoms with Crippen molar-refractivity contribution in [2.24, 2.45) is 0 Å². The van der Waals surface area contributed by atoms with E-state index in [0.717, 1.165) is 7.11 Å². The standard InChI is InChI=1S/C11H20N2O6/c1-4-19-7(2)6-12-11(17)13-8(10(15)16)5-9(14)18-3/h7-8H,4-6H2,1-3H3,(H,15,16)(H2,12,13,17)/t7?,8-/m0/s1. The minimum absolute atomic E-state index is 0.181. The molecule has 0 fully saturated rings. The van der Waals surface area contributed by atoms with Crippen LogP contribution in [0, 0.1) is 0 Å². The molecule has 19 heavy (non-hydrogen) atoms. The van der Waals surface area contributed by atoms with Crippen LogP contribution in [-0.4, -0.2) is 55.5 Å². The van der Waals surface area contributed by atoms with Crippen molar-refractivity contribution in [2.45, 2.75) is 32.4 Å². The number of hydrogen-bond acceptors (Lipinski definition) is 5. The molecular formula is C11H20N2O6. The molecule has 110 valence electrons. The van der Waals surface area contributed by atoms with E-state index in [4.69, 9.17) is 9.84 Å². The number of esters is 1. The fourth-order valence-corrected chi connectivity index (χ4v) is 1.24. The van der Waals surface area contributed by atoms with E-state index in [1.54, 1.807) is 6.92 Å². The van der Waals surface area contributed by atoms with Gasteiger partial charge in [0, 0.05) is 13.2 Å². The predicted octanol–water partition coefficient (Wildman–Crippen LogP) is -0.273. The van der Waals surface area contributed by atoms with Crippen LogP contribution in [0.1, 0.15) is 20.3 Å². The number of carbonyl (C=O) groups is 3. The first-order valence-corrected chi connectivity index (χ1v) is 5.86. The molecule has 0 saturated carbocycles. The first kappa shape index (κ1) is 17.2.